The van der Waals surface area contributed by atoms with Gasteiger partial charge in [0.25, 0.3) is 11.8 Å². The van der Waals surface area contributed by atoms with Crippen LogP contribution in [0.1, 0.15) is 32.8 Å². The third kappa shape index (κ3) is 2.50. The molecule has 2 aliphatic heterocycles. The van der Waals surface area contributed by atoms with E-state index in [0.29, 0.717) is 21.3 Å². The van der Waals surface area contributed by atoms with Crippen LogP contribution < -0.4 is 4.90 Å². The van der Waals surface area contributed by atoms with Gasteiger partial charge in [0.15, 0.2) is 0 Å². The first kappa shape index (κ1) is 16.2. The summed E-state index contributed by atoms with van der Waals surface area (Å²) < 4.78 is 0.520. The smallest absolute Gasteiger partial charge is 0.267 e. The van der Waals surface area contributed by atoms with Crippen molar-refractivity contribution in [2.45, 2.75) is 33.2 Å². The van der Waals surface area contributed by atoms with Gasteiger partial charge in [-0.25, -0.2) is 0 Å². The number of para-hydroxylation sites is 1. The van der Waals surface area contributed by atoms with Crippen LogP contribution in [0.2, 0.25) is 0 Å². The topological polar surface area (TPSA) is 40.6 Å². The molecule has 1 aromatic rings. The van der Waals surface area contributed by atoms with Gasteiger partial charge in [0.2, 0.25) is 0 Å². The molecular weight excluding hydrogens is 328 g/mol. The average Bonchev–Trinajstić information content (AvgIpc) is 2.94. The van der Waals surface area contributed by atoms with Gasteiger partial charge in [-0.1, -0.05) is 49.1 Å². The summed E-state index contributed by atoms with van der Waals surface area (Å²) in [5, 5.41) is 0. The van der Waals surface area contributed by atoms with E-state index in [1.165, 1.54) is 11.8 Å². The van der Waals surface area contributed by atoms with Crippen molar-refractivity contribution in [1.29, 1.82) is 0 Å². The molecular formula is C17H18N2O2S2. The number of benzene rings is 1. The van der Waals surface area contributed by atoms with E-state index in [-0.39, 0.29) is 17.9 Å². The van der Waals surface area contributed by atoms with E-state index < -0.39 is 0 Å². The van der Waals surface area contributed by atoms with Crippen molar-refractivity contribution in [3.05, 3.63) is 34.7 Å². The van der Waals surface area contributed by atoms with Crippen LogP contribution >= 0.6 is 24.0 Å². The minimum absolute atomic E-state index is 0.0147. The SMILES string of the molecule is CCCN1C(=O)/C(=C2/SC(=S)N(C(C)C)C2=O)c2ccccc21. The summed E-state index contributed by atoms with van der Waals surface area (Å²) >= 11 is 6.57. The molecule has 3 rings (SSSR count). The molecule has 0 spiro atoms. The molecule has 1 saturated heterocycles. The first-order chi connectivity index (χ1) is 11.0. The van der Waals surface area contributed by atoms with Crippen molar-refractivity contribution in [3.8, 4) is 0 Å². The van der Waals surface area contributed by atoms with Gasteiger partial charge in [-0.05, 0) is 26.3 Å². The summed E-state index contributed by atoms with van der Waals surface area (Å²) in [4.78, 5) is 29.5. The molecule has 4 nitrogen and oxygen atoms in total. The predicted molar refractivity (Wildman–Crippen MR) is 98.2 cm³/mol. The van der Waals surface area contributed by atoms with E-state index in [4.69, 9.17) is 12.2 Å². The van der Waals surface area contributed by atoms with E-state index in [1.54, 1.807) is 9.80 Å². The van der Waals surface area contributed by atoms with Gasteiger partial charge < -0.3 is 4.90 Å². The fourth-order valence-electron chi connectivity index (χ4n) is 2.92. The van der Waals surface area contributed by atoms with Crippen LogP contribution in [-0.2, 0) is 9.59 Å². The number of nitrogens with zero attached hydrogens (tertiary/aromatic N) is 2. The number of thiocarbonyl (C=S) groups is 1. The maximum absolute atomic E-state index is 12.9. The van der Waals surface area contributed by atoms with Gasteiger partial charge in [0.05, 0.1) is 16.2 Å². The number of carbonyl (C=O) groups is 2. The molecule has 2 amide bonds. The van der Waals surface area contributed by atoms with Gasteiger partial charge in [0, 0.05) is 18.2 Å². The van der Waals surface area contributed by atoms with Crippen LogP contribution in [0, 0.1) is 0 Å². The molecule has 2 aliphatic rings. The third-order valence-electron chi connectivity index (χ3n) is 3.91. The zero-order chi connectivity index (χ0) is 16.7. The first-order valence-corrected chi connectivity index (χ1v) is 8.90. The van der Waals surface area contributed by atoms with Crippen LogP contribution in [0.5, 0.6) is 0 Å². The largest absolute Gasteiger partial charge is 0.308 e. The Labute approximate surface area is 145 Å². The number of fused-ring (bicyclic) bond motifs is 1. The van der Waals surface area contributed by atoms with E-state index >= 15 is 0 Å². The number of carbonyl (C=O) groups excluding carboxylic acids is 2. The molecule has 0 unspecified atom stereocenters. The predicted octanol–water partition coefficient (Wildman–Crippen LogP) is 3.42. The van der Waals surface area contributed by atoms with Crippen molar-refractivity contribution in [2.75, 3.05) is 11.4 Å². The van der Waals surface area contributed by atoms with Gasteiger partial charge in [-0.15, -0.1) is 0 Å². The highest BCUT2D eigenvalue weighted by Crippen LogP contribution is 2.44. The molecule has 0 saturated carbocycles. The van der Waals surface area contributed by atoms with Gasteiger partial charge in [-0.3, -0.25) is 14.5 Å². The Kier molecular flexibility index (Phi) is 4.29. The van der Waals surface area contributed by atoms with E-state index in [1.807, 2.05) is 45.0 Å². The molecule has 1 fully saturated rings. The summed E-state index contributed by atoms with van der Waals surface area (Å²) in [6.45, 7) is 6.52. The van der Waals surface area contributed by atoms with E-state index in [2.05, 4.69) is 0 Å². The van der Waals surface area contributed by atoms with Crippen LogP contribution in [0.15, 0.2) is 29.2 Å². The van der Waals surface area contributed by atoms with Crippen LogP contribution in [0.3, 0.4) is 0 Å². The van der Waals surface area contributed by atoms with Gasteiger partial charge >= 0.3 is 0 Å². The van der Waals surface area contributed by atoms with E-state index in [9.17, 15) is 9.59 Å². The molecule has 0 N–H and O–H groups in total. The van der Waals surface area contributed by atoms with Crippen LogP contribution in [-0.4, -0.2) is 33.6 Å². The lowest BCUT2D eigenvalue weighted by Gasteiger charge is -2.18. The number of hydrogen-bond donors (Lipinski definition) is 0. The average molecular weight is 346 g/mol. The minimum atomic E-state index is -0.161. The zero-order valence-corrected chi connectivity index (χ0v) is 15.0. The van der Waals surface area contributed by atoms with Crippen molar-refractivity contribution in [1.82, 2.24) is 4.90 Å². The van der Waals surface area contributed by atoms with Gasteiger partial charge in [0.1, 0.15) is 4.32 Å². The summed E-state index contributed by atoms with van der Waals surface area (Å²) in [7, 11) is 0. The summed E-state index contributed by atoms with van der Waals surface area (Å²) in [6, 6.07) is 7.63. The first-order valence-electron chi connectivity index (χ1n) is 7.68. The molecule has 0 radical (unpaired) electrons. The molecule has 2 heterocycles. The highest BCUT2D eigenvalue weighted by Gasteiger charge is 2.42. The standard InChI is InChI=1S/C17H18N2O2S2/c1-4-9-18-12-8-6-5-7-11(12)13(15(18)20)14-16(21)19(10(2)3)17(22)23-14/h5-8,10H,4,9H2,1-3H3/b14-13+. The Bertz CT molecular complexity index is 740. The Balaban J connectivity index is 2.15. The summed E-state index contributed by atoms with van der Waals surface area (Å²) in [6.07, 6.45) is 0.861. The van der Waals surface area contributed by atoms with Crippen molar-refractivity contribution in [2.24, 2.45) is 0 Å². The Morgan fingerprint density at radius 1 is 1.17 bits per heavy atom. The normalized spacial score (nSPS) is 21.0. The minimum Gasteiger partial charge on any atom is -0.308 e. The lowest BCUT2D eigenvalue weighted by atomic mass is 10.1. The molecule has 6 heteroatoms. The van der Waals surface area contributed by atoms with Crippen LogP contribution in [0.4, 0.5) is 5.69 Å². The van der Waals surface area contributed by atoms with E-state index in [0.717, 1.165) is 17.7 Å². The molecule has 23 heavy (non-hydrogen) atoms. The molecule has 0 bridgehead atoms. The second-order valence-electron chi connectivity index (χ2n) is 5.81. The summed E-state index contributed by atoms with van der Waals surface area (Å²) in [5.74, 6) is -0.260. The van der Waals surface area contributed by atoms with Crippen molar-refractivity contribution < 1.29 is 9.59 Å². The number of amides is 2. The number of hydrogen-bond acceptors (Lipinski definition) is 4. The highest BCUT2D eigenvalue weighted by molar-refractivity contribution is 8.26. The Morgan fingerprint density at radius 3 is 2.48 bits per heavy atom. The zero-order valence-electron chi connectivity index (χ0n) is 13.3. The van der Waals surface area contributed by atoms with Crippen molar-refractivity contribution >= 4 is 51.4 Å². The Hall–Kier alpha value is -1.66. The molecule has 0 aromatic heterocycles. The lowest BCUT2D eigenvalue weighted by Crippen LogP contribution is -2.35. The monoisotopic (exact) mass is 346 g/mol. The fourth-order valence-corrected chi connectivity index (χ4v) is 4.52. The quantitative estimate of drug-likeness (QED) is 0.621. The highest BCUT2D eigenvalue weighted by atomic mass is 32.2. The van der Waals surface area contributed by atoms with Crippen LogP contribution in [0.25, 0.3) is 5.57 Å². The number of anilines is 1. The second kappa shape index (κ2) is 6.09. The molecule has 0 atom stereocenters. The molecule has 0 aliphatic carbocycles. The second-order valence-corrected chi connectivity index (χ2v) is 7.46. The summed E-state index contributed by atoms with van der Waals surface area (Å²) in [5.41, 5.74) is 2.20. The maximum Gasteiger partial charge on any atom is 0.267 e. The molecule has 1 aromatic carbocycles. The number of rotatable bonds is 3. The fraction of sp³-hybridized carbons (Fsp3) is 0.353. The number of thioether (sulfide) groups is 1. The maximum atomic E-state index is 12.9. The third-order valence-corrected chi connectivity index (χ3v) is 5.31. The Morgan fingerprint density at radius 2 is 1.87 bits per heavy atom. The van der Waals surface area contributed by atoms with Gasteiger partial charge in [-0.2, -0.15) is 0 Å². The van der Waals surface area contributed by atoms with Crippen molar-refractivity contribution in [3.63, 3.8) is 0 Å². The lowest BCUT2D eigenvalue weighted by molar-refractivity contribution is -0.123. The molecule has 120 valence electrons.